The van der Waals surface area contributed by atoms with Gasteiger partial charge in [0.2, 0.25) is 0 Å². The zero-order valence-corrected chi connectivity index (χ0v) is 20.3. The number of hydrogen-bond donors (Lipinski definition) is 3. The molecule has 3 aromatic rings. The number of carboxylic acids is 1. The summed E-state index contributed by atoms with van der Waals surface area (Å²) in [4.78, 5) is 40.6. The Kier molecular flexibility index (Phi) is 7.45. The van der Waals surface area contributed by atoms with E-state index in [9.17, 15) is 19.5 Å². The van der Waals surface area contributed by atoms with Gasteiger partial charge < -0.3 is 20.5 Å². The Morgan fingerprint density at radius 3 is 2.29 bits per heavy atom. The molecule has 0 unspecified atom stereocenters. The number of rotatable bonds is 9. The van der Waals surface area contributed by atoms with Crippen molar-refractivity contribution in [1.82, 2.24) is 15.6 Å². The van der Waals surface area contributed by atoms with Gasteiger partial charge in [-0.15, -0.1) is 11.3 Å². The third-order valence-electron chi connectivity index (χ3n) is 5.82. The number of alkyl carbamates (subject to hydrolysis) is 1. The molecule has 0 bridgehead atoms. The molecule has 1 heterocycles. The van der Waals surface area contributed by atoms with Crippen LogP contribution in [0.4, 0.5) is 4.79 Å². The smallest absolute Gasteiger partial charge is 0.407 e. The summed E-state index contributed by atoms with van der Waals surface area (Å²) in [5, 5.41) is 15.0. The maximum Gasteiger partial charge on any atom is 0.407 e. The van der Waals surface area contributed by atoms with Gasteiger partial charge >= 0.3 is 12.1 Å². The third kappa shape index (κ3) is 5.68. The Hall–Kier alpha value is -3.72. The molecule has 0 saturated heterocycles. The van der Waals surface area contributed by atoms with Crippen LogP contribution >= 0.6 is 11.3 Å². The van der Waals surface area contributed by atoms with Crippen LogP contribution in [-0.2, 0) is 16.1 Å². The largest absolute Gasteiger partial charge is 0.480 e. The van der Waals surface area contributed by atoms with Gasteiger partial charge in [0, 0.05) is 5.92 Å². The molecular weight excluding hydrogens is 466 g/mol. The maximum absolute atomic E-state index is 12.4. The van der Waals surface area contributed by atoms with Gasteiger partial charge in [-0.05, 0) is 34.6 Å². The minimum atomic E-state index is -1.08. The van der Waals surface area contributed by atoms with Crippen LogP contribution in [0.1, 0.15) is 52.0 Å². The van der Waals surface area contributed by atoms with Crippen LogP contribution < -0.4 is 10.6 Å². The molecular formula is C26H27N3O5S. The topological polar surface area (TPSA) is 118 Å². The molecule has 0 aliphatic heterocycles. The van der Waals surface area contributed by atoms with Crippen molar-refractivity contribution in [2.24, 2.45) is 5.92 Å². The van der Waals surface area contributed by atoms with E-state index in [1.165, 1.54) is 6.20 Å². The molecule has 2 aromatic carbocycles. The van der Waals surface area contributed by atoms with Gasteiger partial charge in [0.1, 0.15) is 22.5 Å². The number of ether oxygens (including phenoxy) is 1. The van der Waals surface area contributed by atoms with Crippen LogP contribution in [0.25, 0.3) is 11.1 Å². The number of aliphatic carboxylic acids is 1. The Bertz CT molecular complexity index is 1190. The van der Waals surface area contributed by atoms with Crippen molar-refractivity contribution < 1.29 is 24.2 Å². The van der Waals surface area contributed by atoms with Gasteiger partial charge in [-0.2, -0.15) is 0 Å². The summed E-state index contributed by atoms with van der Waals surface area (Å²) in [6.45, 7) is 4.09. The van der Waals surface area contributed by atoms with E-state index in [1.54, 1.807) is 0 Å². The first-order valence-electron chi connectivity index (χ1n) is 11.4. The molecule has 3 N–H and O–H groups in total. The van der Waals surface area contributed by atoms with Crippen LogP contribution in [0.2, 0.25) is 0 Å². The SMILES string of the molecule is CC(C)C[C@@H](NC(=O)c1cnc(CNC(=O)OCC2c3ccccc3-c3ccccc32)s1)C(=O)O. The van der Waals surface area contributed by atoms with E-state index in [-0.39, 0.29) is 29.9 Å². The van der Waals surface area contributed by atoms with Crippen LogP contribution in [0.15, 0.2) is 54.7 Å². The molecule has 8 nitrogen and oxygen atoms in total. The van der Waals surface area contributed by atoms with Gasteiger partial charge in [-0.25, -0.2) is 14.6 Å². The Labute approximate surface area is 207 Å². The number of nitrogens with zero attached hydrogens (tertiary/aromatic N) is 1. The van der Waals surface area contributed by atoms with Crippen LogP contribution in [0.5, 0.6) is 0 Å². The summed E-state index contributed by atoms with van der Waals surface area (Å²) in [6, 6.07) is 15.3. The van der Waals surface area contributed by atoms with Crippen molar-refractivity contribution in [2.75, 3.05) is 6.61 Å². The summed E-state index contributed by atoms with van der Waals surface area (Å²) in [5.74, 6) is -1.48. The van der Waals surface area contributed by atoms with Gasteiger partial charge in [-0.1, -0.05) is 62.4 Å². The fraction of sp³-hybridized carbons (Fsp3) is 0.308. The lowest BCUT2D eigenvalue weighted by Crippen LogP contribution is -2.41. The molecule has 35 heavy (non-hydrogen) atoms. The first-order chi connectivity index (χ1) is 16.8. The molecule has 1 aliphatic rings. The van der Waals surface area contributed by atoms with E-state index >= 15 is 0 Å². The Morgan fingerprint density at radius 2 is 1.69 bits per heavy atom. The lowest BCUT2D eigenvalue weighted by Gasteiger charge is -2.15. The third-order valence-corrected chi connectivity index (χ3v) is 6.81. The Balaban J connectivity index is 1.30. The van der Waals surface area contributed by atoms with E-state index in [0.717, 1.165) is 33.6 Å². The average Bonchev–Trinajstić information content (AvgIpc) is 3.44. The summed E-state index contributed by atoms with van der Waals surface area (Å²) in [5.41, 5.74) is 4.58. The number of thiazole rings is 1. The second kappa shape index (κ2) is 10.7. The van der Waals surface area contributed by atoms with Crippen molar-refractivity contribution in [3.05, 3.63) is 75.7 Å². The van der Waals surface area contributed by atoms with Crippen molar-refractivity contribution >= 4 is 29.3 Å². The number of nitrogens with one attached hydrogen (secondary N) is 2. The first-order valence-corrected chi connectivity index (χ1v) is 12.2. The van der Waals surface area contributed by atoms with E-state index in [0.29, 0.717) is 11.4 Å². The lowest BCUT2D eigenvalue weighted by atomic mass is 9.98. The number of aromatic nitrogens is 1. The average molecular weight is 494 g/mol. The second-order valence-electron chi connectivity index (χ2n) is 8.79. The highest BCUT2D eigenvalue weighted by Crippen LogP contribution is 2.44. The molecule has 0 saturated carbocycles. The lowest BCUT2D eigenvalue weighted by molar-refractivity contribution is -0.139. The number of carboxylic acid groups (broad SMARTS) is 1. The summed E-state index contributed by atoms with van der Waals surface area (Å²) in [7, 11) is 0. The fourth-order valence-corrected chi connectivity index (χ4v) is 4.98. The molecule has 4 rings (SSSR count). The summed E-state index contributed by atoms with van der Waals surface area (Å²) in [6.07, 6.45) is 1.13. The highest BCUT2D eigenvalue weighted by molar-refractivity contribution is 7.13. The van der Waals surface area contributed by atoms with Crippen molar-refractivity contribution in [3.8, 4) is 11.1 Å². The van der Waals surface area contributed by atoms with E-state index in [1.807, 2.05) is 38.1 Å². The molecule has 0 spiro atoms. The quantitative estimate of drug-likeness (QED) is 0.406. The molecule has 9 heteroatoms. The number of hydrogen-bond acceptors (Lipinski definition) is 6. The highest BCUT2D eigenvalue weighted by atomic mass is 32.1. The van der Waals surface area contributed by atoms with Crippen LogP contribution in [0.3, 0.4) is 0 Å². The number of carbonyl (C=O) groups is 3. The first kappa shape index (κ1) is 24.4. The number of fused-ring (bicyclic) bond motifs is 3. The van der Waals surface area contributed by atoms with Gasteiger partial charge in [-0.3, -0.25) is 4.79 Å². The number of amides is 2. The minimum absolute atomic E-state index is 0.0312. The summed E-state index contributed by atoms with van der Waals surface area (Å²) < 4.78 is 5.51. The van der Waals surface area contributed by atoms with Crippen LogP contribution in [0, 0.1) is 5.92 Å². The van der Waals surface area contributed by atoms with Crippen molar-refractivity contribution in [3.63, 3.8) is 0 Å². The number of benzene rings is 2. The summed E-state index contributed by atoms with van der Waals surface area (Å²) >= 11 is 1.09. The van der Waals surface area contributed by atoms with E-state index < -0.39 is 24.0 Å². The Morgan fingerprint density at radius 1 is 1.06 bits per heavy atom. The maximum atomic E-state index is 12.4. The van der Waals surface area contributed by atoms with Crippen molar-refractivity contribution in [1.29, 1.82) is 0 Å². The van der Waals surface area contributed by atoms with E-state index in [4.69, 9.17) is 4.74 Å². The van der Waals surface area contributed by atoms with Crippen LogP contribution in [-0.4, -0.2) is 40.7 Å². The highest BCUT2D eigenvalue weighted by Gasteiger charge is 2.29. The molecule has 1 atom stereocenters. The predicted molar refractivity (Wildman–Crippen MR) is 132 cm³/mol. The van der Waals surface area contributed by atoms with Crippen molar-refractivity contribution in [2.45, 2.75) is 38.8 Å². The van der Waals surface area contributed by atoms with Gasteiger partial charge in [0.15, 0.2) is 0 Å². The van der Waals surface area contributed by atoms with E-state index in [2.05, 4.69) is 39.9 Å². The second-order valence-corrected chi connectivity index (χ2v) is 9.91. The molecule has 1 aromatic heterocycles. The molecule has 0 fully saturated rings. The molecule has 182 valence electrons. The monoisotopic (exact) mass is 493 g/mol. The molecule has 2 amide bonds. The van der Waals surface area contributed by atoms with Gasteiger partial charge in [0.05, 0.1) is 12.7 Å². The van der Waals surface area contributed by atoms with Gasteiger partial charge in [0.25, 0.3) is 5.91 Å². The standard InChI is InChI=1S/C26H27N3O5S/c1-15(2)11-21(25(31)32)29-24(30)22-12-27-23(35-22)13-28-26(33)34-14-20-18-9-5-3-7-16(18)17-8-4-6-10-19(17)20/h3-10,12,15,20-21H,11,13-14H2,1-2H3,(H,28,33)(H,29,30)(H,31,32)/t21-/m1/s1. The molecule has 0 radical (unpaired) electrons. The predicted octanol–water partition coefficient (Wildman–Crippen LogP) is 4.41. The number of carbonyl (C=O) groups excluding carboxylic acids is 2. The fourth-order valence-electron chi connectivity index (χ4n) is 4.22. The molecule has 1 aliphatic carbocycles. The normalized spacial score (nSPS) is 13.1. The zero-order chi connectivity index (χ0) is 24.9. The zero-order valence-electron chi connectivity index (χ0n) is 19.5. The minimum Gasteiger partial charge on any atom is -0.480 e.